The lowest BCUT2D eigenvalue weighted by Crippen LogP contribution is -2.42. The van der Waals surface area contributed by atoms with Crippen LogP contribution in [0.1, 0.15) is 72.1 Å². The van der Waals surface area contributed by atoms with Gasteiger partial charge in [0.05, 0.1) is 48.7 Å². The topological polar surface area (TPSA) is 312 Å². The lowest BCUT2D eigenvalue weighted by atomic mass is 10.1. The molecule has 1 unspecified atom stereocenters. The average Bonchev–Trinajstić information content (AvgIpc) is 3.23. The first-order chi connectivity index (χ1) is 28.4. The van der Waals surface area contributed by atoms with Gasteiger partial charge in [0.2, 0.25) is 42.7 Å². The molecule has 21 nitrogen and oxygen atoms in total. The Morgan fingerprint density at radius 1 is 0.770 bits per heavy atom. The van der Waals surface area contributed by atoms with Crippen molar-refractivity contribution in [2.24, 2.45) is 5.73 Å². The molecule has 1 atom stereocenters. The lowest BCUT2D eigenvalue weighted by Gasteiger charge is -2.30. The Labute approximate surface area is 358 Å². The summed E-state index contributed by atoms with van der Waals surface area (Å²) in [4.78, 5) is 49.4. The maximum Gasteiger partial charge on any atom is 0.224 e. The normalized spacial score (nSPS) is 15.7. The predicted molar refractivity (Wildman–Crippen MR) is 232 cm³/mol. The molecule has 0 amide bonds. The number of carbonyl (C=O) groups excluding carboxylic acids is 2. The molecule has 24 heteroatoms. The van der Waals surface area contributed by atoms with Gasteiger partial charge in [0, 0.05) is 68.8 Å². The Balaban J connectivity index is 0.000000264. The van der Waals surface area contributed by atoms with Crippen LogP contribution in [0.4, 0.5) is 17.6 Å². The molecule has 0 spiro atoms. The molecule has 0 aromatic carbocycles. The molecule has 4 aromatic heterocycles. The fourth-order valence-electron chi connectivity index (χ4n) is 5.86. The van der Waals surface area contributed by atoms with Crippen molar-refractivity contribution in [1.82, 2.24) is 38.5 Å². The van der Waals surface area contributed by atoms with Crippen LogP contribution in [0.15, 0.2) is 54.2 Å². The van der Waals surface area contributed by atoms with Gasteiger partial charge in [-0.25, -0.2) is 50.4 Å². The zero-order valence-corrected chi connectivity index (χ0v) is 36.3. The SMILES string of the molecule is C.CCS(=O)c1ncc(C(=O)c2ncccc2OC)c(N)n1.COc1cccnc1C(=O)c1cnc(NC2CCN(S(C)(=O)=O)CC2)nc1N.CS(=O)(=O)N1CCC(N)CC1. The van der Waals surface area contributed by atoms with E-state index in [1.165, 1.54) is 60.1 Å². The molecule has 0 aliphatic carbocycles. The highest BCUT2D eigenvalue weighted by atomic mass is 32.2. The Hall–Kier alpha value is -5.27. The number of nitrogens with one attached hydrogen (secondary N) is 1. The van der Waals surface area contributed by atoms with Gasteiger partial charge in [0.1, 0.15) is 23.1 Å². The van der Waals surface area contributed by atoms with Gasteiger partial charge in [-0.15, -0.1) is 0 Å². The van der Waals surface area contributed by atoms with Gasteiger partial charge < -0.3 is 32.0 Å². The van der Waals surface area contributed by atoms with Crippen LogP contribution in [0.3, 0.4) is 0 Å². The van der Waals surface area contributed by atoms with Crippen LogP contribution >= 0.6 is 0 Å². The highest BCUT2D eigenvalue weighted by Crippen LogP contribution is 2.24. The molecular formula is C37H54N12O9S3. The van der Waals surface area contributed by atoms with Crippen LogP contribution in [-0.4, -0.2) is 142 Å². The molecule has 61 heavy (non-hydrogen) atoms. The summed E-state index contributed by atoms with van der Waals surface area (Å²) in [5.41, 5.74) is 17.8. The van der Waals surface area contributed by atoms with Gasteiger partial charge in [0.25, 0.3) is 0 Å². The summed E-state index contributed by atoms with van der Waals surface area (Å²) in [6, 6.07) is 6.79. The van der Waals surface area contributed by atoms with Crippen molar-refractivity contribution in [1.29, 1.82) is 0 Å². The van der Waals surface area contributed by atoms with E-state index in [0.29, 0.717) is 62.2 Å². The second-order valence-corrected chi connectivity index (χ2v) is 19.0. The smallest absolute Gasteiger partial charge is 0.224 e. The predicted octanol–water partition coefficient (Wildman–Crippen LogP) is 1.36. The Kier molecular flexibility index (Phi) is 18.5. The molecule has 0 radical (unpaired) electrons. The number of ketones is 2. The third-order valence-electron chi connectivity index (χ3n) is 9.20. The zero-order chi connectivity index (χ0) is 44.2. The fraction of sp³-hybridized carbons (Fsp3) is 0.459. The van der Waals surface area contributed by atoms with E-state index < -0.39 is 42.4 Å². The number of anilines is 3. The molecule has 2 aliphatic rings. The first kappa shape index (κ1) is 50.1. The number of pyridine rings is 2. The van der Waals surface area contributed by atoms with E-state index in [9.17, 15) is 30.6 Å². The van der Waals surface area contributed by atoms with E-state index >= 15 is 0 Å². The van der Waals surface area contributed by atoms with Crippen LogP contribution in [-0.2, 0) is 30.8 Å². The van der Waals surface area contributed by atoms with E-state index in [1.807, 2.05) is 0 Å². The van der Waals surface area contributed by atoms with Crippen molar-refractivity contribution in [3.8, 4) is 11.5 Å². The molecule has 2 aliphatic heterocycles. The van der Waals surface area contributed by atoms with Crippen molar-refractivity contribution in [2.45, 2.75) is 57.3 Å². The summed E-state index contributed by atoms with van der Waals surface area (Å²) in [5.74, 6) is 0.473. The third kappa shape index (κ3) is 13.9. The summed E-state index contributed by atoms with van der Waals surface area (Å²) < 4.78 is 69.9. The first-order valence-electron chi connectivity index (χ1n) is 18.5. The number of rotatable bonds is 12. The Bertz CT molecular complexity index is 2380. The summed E-state index contributed by atoms with van der Waals surface area (Å²) in [6.45, 7) is 3.78. The van der Waals surface area contributed by atoms with Gasteiger partial charge in [-0.1, -0.05) is 14.4 Å². The van der Waals surface area contributed by atoms with Crippen molar-refractivity contribution in [3.63, 3.8) is 0 Å². The molecule has 6 rings (SSSR count). The summed E-state index contributed by atoms with van der Waals surface area (Å²) in [5, 5.41) is 3.26. The zero-order valence-electron chi connectivity index (χ0n) is 33.8. The largest absolute Gasteiger partial charge is 0.494 e. The van der Waals surface area contributed by atoms with E-state index in [1.54, 1.807) is 31.2 Å². The van der Waals surface area contributed by atoms with Gasteiger partial charge in [-0.2, -0.15) is 4.98 Å². The van der Waals surface area contributed by atoms with Gasteiger partial charge in [-0.05, 0) is 49.9 Å². The second kappa shape index (κ2) is 22.5. The third-order valence-corrected chi connectivity index (χ3v) is 12.9. The van der Waals surface area contributed by atoms with Crippen LogP contribution in [0, 0.1) is 0 Å². The van der Waals surface area contributed by atoms with E-state index in [0.717, 1.165) is 12.8 Å². The molecule has 7 N–H and O–H groups in total. The van der Waals surface area contributed by atoms with Gasteiger partial charge in [-0.3, -0.25) is 13.8 Å². The van der Waals surface area contributed by atoms with Crippen molar-refractivity contribution >= 4 is 60.0 Å². The van der Waals surface area contributed by atoms with Crippen LogP contribution in [0.5, 0.6) is 11.5 Å². The van der Waals surface area contributed by atoms with Crippen LogP contribution < -0.4 is 32.0 Å². The number of methoxy groups -OCH3 is 2. The lowest BCUT2D eigenvalue weighted by molar-refractivity contribution is 0.102. The molecule has 4 aromatic rings. The number of nitrogens with zero attached hydrogens (tertiary/aromatic N) is 8. The quantitative estimate of drug-likeness (QED) is 0.115. The number of hydrogen-bond acceptors (Lipinski definition) is 19. The minimum atomic E-state index is -3.18. The standard InChI is InChI=1S/C17H22N6O4S.C13H14N4O3S.C6H14N2O2S.CH4/c1-27-13-4-3-7-19-14(13)15(24)12-10-20-17(22-16(12)18)21-11-5-8-23(9-6-11)28(2,25)26;1-3-21(19)13-16-7-8(12(14)17-13)11(18)10-9(20-2)5-4-6-15-10;1-11(9,10)8-4-2-6(7)3-5-8;/h3-4,7,10-11H,5-6,8-9H2,1-2H3,(H3,18,20,21,22);4-7H,3H2,1-2H3,(H2,14,16,17);6H,2-5,7H2,1H3;1H4. The monoisotopic (exact) mass is 906 g/mol. The molecule has 2 saturated heterocycles. The molecule has 2 fully saturated rings. The maximum atomic E-state index is 12.7. The molecule has 0 bridgehead atoms. The Morgan fingerprint density at radius 3 is 1.62 bits per heavy atom. The number of sulfonamides is 2. The minimum absolute atomic E-state index is 0. The highest BCUT2D eigenvalue weighted by Gasteiger charge is 2.27. The van der Waals surface area contributed by atoms with Crippen molar-refractivity contribution in [3.05, 3.63) is 71.6 Å². The number of piperidine rings is 2. The number of carbonyl (C=O) groups is 2. The van der Waals surface area contributed by atoms with Crippen LogP contribution in [0.2, 0.25) is 0 Å². The first-order valence-corrected chi connectivity index (χ1v) is 23.5. The fourth-order valence-corrected chi connectivity index (χ4v) is 8.24. The number of aromatic nitrogens is 6. The van der Waals surface area contributed by atoms with Crippen LogP contribution in [0.25, 0.3) is 0 Å². The van der Waals surface area contributed by atoms with E-state index in [2.05, 4.69) is 35.2 Å². The molecular weight excluding hydrogens is 853 g/mol. The van der Waals surface area contributed by atoms with E-state index in [4.69, 9.17) is 26.7 Å². The number of hydrogen-bond donors (Lipinski definition) is 4. The summed E-state index contributed by atoms with van der Waals surface area (Å²) in [6.07, 6.45) is 10.9. The average molecular weight is 907 g/mol. The number of nitrogens with two attached hydrogens (primary N) is 3. The minimum Gasteiger partial charge on any atom is -0.494 e. The molecule has 0 saturated carbocycles. The molecule has 6 heterocycles. The highest BCUT2D eigenvalue weighted by molar-refractivity contribution is 7.88. The summed E-state index contributed by atoms with van der Waals surface area (Å²) in [7, 11) is -4.57. The van der Waals surface area contributed by atoms with Gasteiger partial charge >= 0.3 is 0 Å². The number of ether oxygens (including phenoxy) is 2. The number of nitrogen functional groups attached to an aromatic ring is 2. The molecule has 334 valence electrons. The van der Waals surface area contributed by atoms with Gasteiger partial charge in [0.15, 0.2) is 11.4 Å². The summed E-state index contributed by atoms with van der Waals surface area (Å²) >= 11 is 0. The Morgan fingerprint density at radius 2 is 1.21 bits per heavy atom. The van der Waals surface area contributed by atoms with E-state index in [-0.39, 0.29) is 58.8 Å². The van der Waals surface area contributed by atoms with Crippen molar-refractivity contribution < 1.29 is 40.1 Å². The second-order valence-electron chi connectivity index (χ2n) is 13.4. The van der Waals surface area contributed by atoms with Crippen molar-refractivity contribution in [2.75, 3.05) is 75.4 Å². The maximum absolute atomic E-state index is 12.7.